The zero-order valence-corrected chi connectivity index (χ0v) is 11.2. The van der Waals surface area contributed by atoms with Gasteiger partial charge >= 0.3 is 0 Å². The summed E-state index contributed by atoms with van der Waals surface area (Å²) in [6.07, 6.45) is -0.465. The first kappa shape index (κ1) is 13.8. The van der Waals surface area contributed by atoms with Crippen LogP contribution in [0, 0.1) is 5.82 Å². The lowest BCUT2D eigenvalue weighted by molar-refractivity contribution is 0.178. The summed E-state index contributed by atoms with van der Waals surface area (Å²) in [5, 5.41) is 10.6. The molecule has 4 heteroatoms. The highest BCUT2D eigenvalue weighted by molar-refractivity contribution is 6.31. The molecule has 1 N–H and O–H groups in total. The van der Waals surface area contributed by atoms with E-state index in [2.05, 4.69) is 0 Å². The summed E-state index contributed by atoms with van der Waals surface area (Å²) < 4.78 is 18.2. The lowest BCUT2D eigenvalue weighted by atomic mass is 10.0. The highest BCUT2D eigenvalue weighted by Gasteiger charge is 2.11. The predicted octanol–water partition coefficient (Wildman–Crippen LogP) is 3.76. The SMILES string of the molecule is COc1ccc(C(O)Cc2cc(F)ccc2Cl)cc1. The highest BCUT2D eigenvalue weighted by atomic mass is 35.5. The van der Waals surface area contributed by atoms with E-state index in [1.807, 2.05) is 0 Å². The Balaban J connectivity index is 2.15. The Bertz CT molecular complexity index is 555. The number of aliphatic hydroxyl groups excluding tert-OH is 1. The van der Waals surface area contributed by atoms with Crippen molar-refractivity contribution in [3.63, 3.8) is 0 Å². The van der Waals surface area contributed by atoms with Crippen LogP contribution in [0.2, 0.25) is 5.02 Å². The molecule has 19 heavy (non-hydrogen) atoms. The highest BCUT2D eigenvalue weighted by Crippen LogP contribution is 2.25. The maximum absolute atomic E-state index is 13.1. The first-order chi connectivity index (χ1) is 9.10. The normalized spacial score (nSPS) is 12.2. The fourth-order valence-electron chi connectivity index (χ4n) is 1.85. The number of hydrogen-bond acceptors (Lipinski definition) is 2. The van der Waals surface area contributed by atoms with Gasteiger partial charge in [-0.25, -0.2) is 4.39 Å². The van der Waals surface area contributed by atoms with Crippen molar-refractivity contribution in [2.75, 3.05) is 7.11 Å². The third kappa shape index (κ3) is 3.46. The quantitative estimate of drug-likeness (QED) is 0.924. The van der Waals surface area contributed by atoms with Gasteiger partial charge in [0.15, 0.2) is 0 Å². The smallest absolute Gasteiger partial charge is 0.123 e. The first-order valence-electron chi connectivity index (χ1n) is 5.86. The molecule has 2 aromatic carbocycles. The van der Waals surface area contributed by atoms with E-state index in [-0.39, 0.29) is 12.2 Å². The summed E-state index contributed by atoms with van der Waals surface area (Å²) in [5.41, 5.74) is 1.33. The van der Waals surface area contributed by atoms with Crippen LogP contribution in [-0.2, 0) is 6.42 Å². The number of methoxy groups -OCH3 is 1. The number of halogens is 2. The molecule has 0 fully saturated rings. The van der Waals surface area contributed by atoms with Crippen LogP contribution in [0.4, 0.5) is 4.39 Å². The van der Waals surface area contributed by atoms with Crippen molar-refractivity contribution >= 4 is 11.6 Å². The molecule has 2 aromatic rings. The molecule has 1 atom stereocenters. The van der Waals surface area contributed by atoms with Gasteiger partial charge in [0.25, 0.3) is 0 Å². The van der Waals surface area contributed by atoms with Gasteiger partial charge in [-0.15, -0.1) is 0 Å². The van der Waals surface area contributed by atoms with E-state index in [4.69, 9.17) is 16.3 Å². The van der Waals surface area contributed by atoms with E-state index in [9.17, 15) is 9.50 Å². The molecule has 1 unspecified atom stereocenters. The summed E-state index contributed by atoms with van der Waals surface area (Å²) in [4.78, 5) is 0. The van der Waals surface area contributed by atoms with E-state index >= 15 is 0 Å². The zero-order chi connectivity index (χ0) is 13.8. The van der Waals surface area contributed by atoms with E-state index in [1.54, 1.807) is 31.4 Å². The molecule has 0 aromatic heterocycles. The summed E-state index contributed by atoms with van der Waals surface area (Å²) in [6.45, 7) is 0. The minimum absolute atomic E-state index is 0.267. The molecule has 2 rings (SSSR count). The molecule has 0 heterocycles. The van der Waals surface area contributed by atoms with Crippen LogP contribution in [0.25, 0.3) is 0 Å². The second-order valence-corrected chi connectivity index (χ2v) is 4.64. The van der Waals surface area contributed by atoms with Crippen LogP contribution in [0.1, 0.15) is 17.2 Å². The fourth-order valence-corrected chi connectivity index (χ4v) is 2.05. The second-order valence-electron chi connectivity index (χ2n) is 4.23. The first-order valence-corrected chi connectivity index (χ1v) is 6.24. The monoisotopic (exact) mass is 280 g/mol. The minimum atomic E-state index is -0.731. The van der Waals surface area contributed by atoms with E-state index < -0.39 is 6.10 Å². The Morgan fingerprint density at radius 1 is 1.21 bits per heavy atom. The minimum Gasteiger partial charge on any atom is -0.497 e. The van der Waals surface area contributed by atoms with Gasteiger partial charge in [0.1, 0.15) is 11.6 Å². The zero-order valence-electron chi connectivity index (χ0n) is 10.4. The fraction of sp³-hybridized carbons (Fsp3) is 0.200. The largest absolute Gasteiger partial charge is 0.497 e. The van der Waals surface area contributed by atoms with E-state index in [0.717, 1.165) is 11.3 Å². The number of rotatable bonds is 4. The van der Waals surface area contributed by atoms with Crippen molar-refractivity contribution in [2.45, 2.75) is 12.5 Å². The van der Waals surface area contributed by atoms with Gasteiger partial charge in [0.05, 0.1) is 13.2 Å². The van der Waals surface area contributed by atoms with Crippen LogP contribution >= 0.6 is 11.6 Å². The van der Waals surface area contributed by atoms with Gasteiger partial charge in [-0.3, -0.25) is 0 Å². The number of hydrogen-bond donors (Lipinski definition) is 1. The summed E-state index contributed by atoms with van der Waals surface area (Å²) >= 11 is 5.98. The Morgan fingerprint density at radius 2 is 1.89 bits per heavy atom. The molecule has 100 valence electrons. The molecule has 2 nitrogen and oxygen atoms in total. The average Bonchev–Trinajstić information content (AvgIpc) is 2.43. The molecule has 0 amide bonds. The summed E-state index contributed by atoms with van der Waals surface area (Å²) in [6, 6.07) is 11.2. The maximum atomic E-state index is 13.1. The van der Waals surface area contributed by atoms with Crippen LogP contribution in [0.3, 0.4) is 0 Å². The van der Waals surface area contributed by atoms with Crippen molar-refractivity contribution in [1.29, 1.82) is 0 Å². The molecule has 0 radical (unpaired) electrons. The maximum Gasteiger partial charge on any atom is 0.123 e. The standard InChI is InChI=1S/C15H14ClFO2/c1-19-13-5-2-10(3-6-13)15(18)9-11-8-12(17)4-7-14(11)16/h2-8,15,18H,9H2,1H3. The van der Waals surface area contributed by atoms with Gasteiger partial charge in [-0.1, -0.05) is 23.7 Å². The van der Waals surface area contributed by atoms with Crippen LogP contribution in [0.5, 0.6) is 5.75 Å². The Kier molecular flexibility index (Phi) is 4.40. The van der Waals surface area contributed by atoms with Gasteiger partial charge in [-0.2, -0.15) is 0 Å². The van der Waals surface area contributed by atoms with Crippen molar-refractivity contribution in [1.82, 2.24) is 0 Å². The molecule has 0 aliphatic carbocycles. The third-order valence-electron chi connectivity index (χ3n) is 2.92. The van der Waals surface area contributed by atoms with Crippen LogP contribution < -0.4 is 4.74 Å². The molecule has 0 bridgehead atoms. The lowest BCUT2D eigenvalue weighted by Crippen LogP contribution is -2.02. The van der Waals surface area contributed by atoms with Gasteiger partial charge in [0, 0.05) is 11.4 Å². The molecule has 0 saturated carbocycles. The number of ether oxygens (including phenoxy) is 1. The molecule has 0 aliphatic heterocycles. The third-order valence-corrected chi connectivity index (χ3v) is 3.29. The molecular weight excluding hydrogens is 267 g/mol. The van der Waals surface area contributed by atoms with Crippen LogP contribution in [0.15, 0.2) is 42.5 Å². The number of aliphatic hydroxyl groups is 1. The van der Waals surface area contributed by atoms with E-state index in [0.29, 0.717) is 10.6 Å². The Labute approximate surface area is 116 Å². The molecule has 0 spiro atoms. The topological polar surface area (TPSA) is 29.5 Å². The number of benzene rings is 2. The van der Waals surface area contributed by atoms with Gasteiger partial charge in [0.2, 0.25) is 0 Å². The van der Waals surface area contributed by atoms with Crippen molar-refractivity contribution in [3.8, 4) is 5.75 Å². The molecular formula is C15H14ClFO2. The van der Waals surface area contributed by atoms with Gasteiger partial charge < -0.3 is 9.84 Å². The summed E-state index contributed by atoms with van der Waals surface area (Å²) in [7, 11) is 1.58. The predicted molar refractivity (Wildman–Crippen MR) is 73.1 cm³/mol. The van der Waals surface area contributed by atoms with Gasteiger partial charge in [-0.05, 0) is 41.5 Å². The second kappa shape index (κ2) is 6.04. The summed E-state index contributed by atoms with van der Waals surface area (Å²) in [5.74, 6) is 0.362. The van der Waals surface area contributed by atoms with Crippen molar-refractivity contribution < 1.29 is 14.2 Å². The van der Waals surface area contributed by atoms with Crippen molar-refractivity contribution in [3.05, 3.63) is 64.4 Å². The van der Waals surface area contributed by atoms with Crippen molar-refractivity contribution in [2.24, 2.45) is 0 Å². The lowest BCUT2D eigenvalue weighted by Gasteiger charge is -2.13. The molecule has 0 saturated heterocycles. The van der Waals surface area contributed by atoms with Crippen LogP contribution in [-0.4, -0.2) is 12.2 Å². The van der Waals surface area contributed by atoms with E-state index in [1.165, 1.54) is 18.2 Å². The Hall–Kier alpha value is -1.58. The molecule has 0 aliphatic rings. The average molecular weight is 281 g/mol. The Morgan fingerprint density at radius 3 is 2.53 bits per heavy atom.